The summed E-state index contributed by atoms with van der Waals surface area (Å²) in [6.45, 7) is 2.24. The van der Waals surface area contributed by atoms with Crippen molar-refractivity contribution >= 4 is 35.3 Å². The second kappa shape index (κ2) is 7.86. The lowest BCUT2D eigenvalue weighted by Crippen LogP contribution is -2.40. The molecule has 0 saturated heterocycles. The highest BCUT2D eigenvalue weighted by Gasteiger charge is 2.11. The predicted octanol–water partition coefficient (Wildman–Crippen LogP) is 2.46. The molecule has 0 aliphatic carbocycles. The Bertz CT molecular complexity index is 674. The minimum absolute atomic E-state index is 0.0920. The molecule has 0 aliphatic rings. The van der Waals surface area contributed by atoms with Crippen molar-refractivity contribution in [1.82, 2.24) is 20.2 Å². The Morgan fingerprint density at radius 3 is 2.95 bits per heavy atom. The van der Waals surface area contributed by atoms with Gasteiger partial charge < -0.3 is 5.32 Å². The third kappa shape index (κ3) is 4.51. The largest absolute Gasteiger partial charge is 0.338 e. The summed E-state index contributed by atoms with van der Waals surface area (Å²) < 4.78 is 1.83. The first kappa shape index (κ1) is 16.4. The Morgan fingerprint density at radius 1 is 1.41 bits per heavy atom. The van der Waals surface area contributed by atoms with Gasteiger partial charge in [-0.2, -0.15) is 0 Å². The van der Waals surface area contributed by atoms with E-state index in [1.807, 2.05) is 22.8 Å². The molecule has 0 saturated carbocycles. The summed E-state index contributed by atoms with van der Waals surface area (Å²) in [6, 6.07) is 6.84. The quantitative estimate of drug-likeness (QED) is 0.821. The second-order valence-electron chi connectivity index (χ2n) is 4.26. The zero-order valence-corrected chi connectivity index (χ0v) is 13.4. The van der Waals surface area contributed by atoms with Crippen LogP contribution in [0, 0.1) is 0 Å². The molecule has 1 heterocycles. The Kier molecular flexibility index (Phi) is 5.85. The fourth-order valence-corrected chi connectivity index (χ4v) is 2.67. The number of urea groups is 1. The van der Waals surface area contributed by atoms with E-state index in [0.717, 1.165) is 5.69 Å². The topological polar surface area (TPSA) is 76.0 Å². The smallest absolute Gasteiger partial charge is 0.321 e. The van der Waals surface area contributed by atoms with Gasteiger partial charge in [0.15, 0.2) is 5.16 Å². The molecule has 0 aliphatic heterocycles. The highest BCUT2D eigenvalue weighted by atomic mass is 35.5. The van der Waals surface area contributed by atoms with E-state index in [1.165, 1.54) is 11.8 Å². The van der Waals surface area contributed by atoms with Crippen LogP contribution in [0.5, 0.6) is 0 Å². The Labute approximate surface area is 137 Å². The molecule has 2 N–H and O–H groups in total. The van der Waals surface area contributed by atoms with Crippen molar-refractivity contribution in [3.8, 4) is 5.69 Å². The van der Waals surface area contributed by atoms with Crippen LogP contribution in [-0.4, -0.2) is 33.8 Å². The number of carbonyl (C=O) groups excluding carboxylic acids is 2. The number of thioether (sulfide) groups is 1. The first-order chi connectivity index (χ1) is 10.6. The number of nitrogens with one attached hydrogen (secondary N) is 2. The molecule has 6 nitrogen and oxygen atoms in total. The van der Waals surface area contributed by atoms with Crippen molar-refractivity contribution in [2.75, 3.05) is 12.3 Å². The van der Waals surface area contributed by atoms with Crippen molar-refractivity contribution in [3.63, 3.8) is 0 Å². The van der Waals surface area contributed by atoms with E-state index in [9.17, 15) is 9.59 Å². The van der Waals surface area contributed by atoms with Gasteiger partial charge in [-0.1, -0.05) is 29.4 Å². The lowest BCUT2D eigenvalue weighted by atomic mass is 10.3. The monoisotopic (exact) mass is 338 g/mol. The van der Waals surface area contributed by atoms with Gasteiger partial charge in [0.05, 0.1) is 5.75 Å². The molecule has 1 aromatic carbocycles. The fraction of sp³-hybridized carbons (Fsp3) is 0.214. The fourth-order valence-electron chi connectivity index (χ4n) is 1.72. The molecule has 2 rings (SSSR count). The number of halogens is 1. The number of aromatic nitrogens is 2. The maximum Gasteiger partial charge on any atom is 0.321 e. The minimum Gasteiger partial charge on any atom is -0.338 e. The highest BCUT2D eigenvalue weighted by Crippen LogP contribution is 2.22. The molecular formula is C14H15ClN4O2S. The van der Waals surface area contributed by atoms with E-state index < -0.39 is 6.03 Å². The van der Waals surface area contributed by atoms with Crippen LogP contribution in [0.3, 0.4) is 0 Å². The number of carbonyl (C=O) groups is 2. The number of imide groups is 1. The van der Waals surface area contributed by atoms with E-state index in [2.05, 4.69) is 15.6 Å². The molecule has 3 amide bonds. The summed E-state index contributed by atoms with van der Waals surface area (Å²) >= 11 is 7.22. The first-order valence-electron chi connectivity index (χ1n) is 6.60. The van der Waals surface area contributed by atoms with Gasteiger partial charge >= 0.3 is 6.03 Å². The van der Waals surface area contributed by atoms with Crippen LogP contribution in [0.4, 0.5) is 4.79 Å². The lowest BCUT2D eigenvalue weighted by Gasteiger charge is -2.08. The summed E-state index contributed by atoms with van der Waals surface area (Å²) in [6.07, 6.45) is 3.43. The molecule has 0 spiro atoms. The van der Waals surface area contributed by atoms with Crippen LogP contribution in [0.15, 0.2) is 41.8 Å². The third-order valence-corrected chi connectivity index (χ3v) is 3.82. The van der Waals surface area contributed by atoms with Crippen molar-refractivity contribution < 1.29 is 9.59 Å². The number of benzene rings is 1. The Balaban J connectivity index is 1.99. The minimum atomic E-state index is -0.494. The summed E-state index contributed by atoms with van der Waals surface area (Å²) in [5.74, 6) is -0.286. The molecule has 0 unspecified atom stereocenters. The maximum atomic E-state index is 11.7. The van der Waals surface area contributed by atoms with Crippen molar-refractivity contribution in [2.24, 2.45) is 0 Å². The van der Waals surface area contributed by atoms with E-state index in [1.54, 1.807) is 25.4 Å². The first-order valence-corrected chi connectivity index (χ1v) is 7.96. The predicted molar refractivity (Wildman–Crippen MR) is 86.5 cm³/mol. The van der Waals surface area contributed by atoms with Crippen molar-refractivity contribution in [3.05, 3.63) is 41.7 Å². The lowest BCUT2D eigenvalue weighted by molar-refractivity contribution is -0.117. The van der Waals surface area contributed by atoms with E-state index >= 15 is 0 Å². The zero-order chi connectivity index (χ0) is 15.9. The molecule has 8 heteroatoms. The van der Waals surface area contributed by atoms with Crippen LogP contribution < -0.4 is 10.6 Å². The average Bonchev–Trinajstić information content (AvgIpc) is 2.93. The SMILES string of the molecule is CCNC(=O)NC(=O)CSc1nccn1-c1cccc(Cl)c1. The van der Waals surface area contributed by atoms with Gasteiger partial charge in [0.25, 0.3) is 0 Å². The van der Waals surface area contributed by atoms with Gasteiger partial charge in [-0.05, 0) is 25.1 Å². The number of rotatable bonds is 5. The molecule has 0 radical (unpaired) electrons. The molecule has 22 heavy (non-hydrogen) atoms. The van der Waals surface area contributed by atoms with E-state index in [-0.39, 0.29) is 11.7 Å². The van der Waals surface area contributed by atoms with Crippen LogP contribution >= 0.6 is 23.4 Å². The average molecular weight is 339 g/mol. The number of hydrogen-bond acceptors (Lipinski definition) is 4. The van der Waals surface area contributed by atoms with Gasteiger partial charge in [0, 0.05) is 29.6 Å². The molecule has 0 atom stereocenters. The summed E-state index contributed by atoms with van der Waals surface area (Å²) in [4.78, 5) is 27.1. The molecule has 0 bridgehead atoms. The summed E-state index contributed by atoms with van der Waals surface area (Å²) in [5, 5.41) is 6.01. The number of nitrogens with zero attached hydrogens (tertiary/aromatic N) is 2. The Hall–Kier alpha value is -1.99. The maximum absolute atomic E-state index is 11.7. The van der Waals surface area contributed by atoms with Gasteiger partial charge in [-0.25, -0.2) is 9.78 Å². The molecule has 0 fully saturated rings. The Morgan fingerprint density at radius 2 is 2.23 bits per heavy atom. The second-order valence-corrected chi connectivity index (χ2v) is 5.63. The molecule has 2 aromatic rings. The van der Waals surface area contributed by atoms with E-state index in [4.69, 9.17) is 11.6 Å². The van der Waals surface area contributed by atoms with Gasteiger partial charge in [0.1, 0.15) is 0 Å². The van der Waals surface area contributed by atoms with Crippen molar-refractivity contribution in [2.45, 2.75) is 12.1 Å². The van der Waals surface area contributed by atoms with Crippen LogP contribution in [0.1, 0.15) is 6.92 Å². The number of hydrogen-bond donors (Lipinski definition) is 2. The van der Waals surface area contributed by atoms with E-state index in [0.29, 0.717) is 16.7 Å². The summed E-state index contributed by atoms with van der Waals surface area (Å²) in [5.41, 5.74) is 0.858. The van der Waals surface area contributed by atoms with Gasteiger partial charge in [0.2, 0.25) is 5.91 Å². The third-order valence-electron chi connectivity index (χ3n) is 2.62. The molecular weight excluding hydrogens is 324 g/mol. The number of amides is 3. The molecule has 1 aromatic heterocycles. The number of imidazole rings is 1. The van der Waals surface area contributed by atoms with Gasteiger partial charge in [-0.3, -0.25) is 14.7 Å². The summed E-state index contributed by atoms with van der Waals surface area (Å²) in [7, 11) is 0. The standard InChI is InChI=1S/C14H15ClN4O2S/c1-2-16-13(21)18-12(20)9-22-14-17-6-7-19(14)11-5-3-4-10(15)8-11/h3-8H,2,9H2,1H3,(H2,16,18,20,21). The van der Waals surface area contributed by atoms with Crippen molar-refractivity contribution in [1.29, 1.82) is 0 Å². The normalized spacial score (nSPS) is 10.3. The van der Waals surface area contributed by atoms with Gasteiger partial charge in [-0.15, -0.1) is 0 Å². The molecule has 116 valence electrons. The highest BCUT2D eigenvalue weighted by molar-refractivity contribution is 7.99. The zero-order valence-electron chi connectivity index (χ0n) is 11.9. The van der Waals surface area contributed by atoms with Crippen LogP contribution in [0.2, 0.25) is 5.02 Å². The van der Waals surface area contributed by atoms with Crippen LogP contribution in [-0.2, 0) is 4.79 Å². The van der Waals surface area contributed by atoms with Crippen LogP contribution in [0.25, 0.3) is 5.69 Å².